The van der Waals surface area contributed by atoms with Gasteiger partial charge >= 0.3 is 0 Å². The van der Waals surface area contributed by atoms with Crippen LogP contribution in [0.15, 0.2) is 18.2 Å². The Labute approximate surface area is 110 Å². The van der Waals surface area contributed by atoms with Crippen LogP contribution >= 0.6 is 0 Å². The molecule has 5 heteroatoms. The van der Waals surface area contributed by atoms with Crippen molar-refractivity contribution in [3.63, 3.8) is 0 Å². The predicted molar refractivity (Wildman–Crippen MR) is 71.6 cm³/mol. The summed E-state index contributed by atoms with van der Waals surface area (Å²) < 4.78 is 0. The number of hydrogen-bond acceptors (Lipinski definition) is 3. The van der Waals surface area contributed by atoms with E-state index >= 15 is 0 Å². The van der Waals surface area contributed by atoms with E-state index in [1.807, 2.05) is 12.1 Å². The molecule has 0 spiro atoms. The highest BCUT2D eigenvalue weighted by molar-refractivity contribution is 6.04. The Morgan fingerprint density at radius 2 is 2.32 bits per heavy atom. The number of nitrogens with zero attached hydrogens (tertiary/aromatic N) is 1. The Morgan fingerprint density at radius 3 is 3.00 bits per heavy atom. The summed E-state index contributed by atoms with van der Waals surface area (Å²) >= 11 is 0. The summed E-state index contributed by atoms with van der Waals surface area (Å²) in [6.45, 7) is 1.05. The van der Waals surface area contributed by atoms with Gasteiger partial charge in [0.25, 0.3) is 5.91 Å². The van der Waals surface area contributed by atoms with Crippen LogP contribution in [0, 0.1) is 5.92 Å². The number of benzene rings is 1. The van der Waals surface area contributed by atoms with Crippen molar-refractivity contribution in [3.8, 4) is 0 Å². The molecular weight excluding hydrogens is 240 g/mol. The zero-order valence-corrected chi connectivity index (χ0v) is 10.6. The van der Waals surface area contributed by atoms with E-state index in [-0.39, 0.29) is 5.54 Å². The van der Waals surface area contributed by atoms with Crippen LogP contribution in [0.1, 0.15) is 35.4 Å². The van der Waals surface area contributed by atoms with Crippen LogP contribution in [0.3, 0.4) is 0 Å². The van der Waals surface area contributed by atoms with Gasteiger partial charge in [-0.25, -0.2) is 4.98 Å². The number of nitrogens with two attached hydrogens (primary N) is 1. The van der Waals surface area contributed by atoms with Crippen molar-refractivity contribution in [2.75, 3.05) is 6.54 Å². The molecule has 0 radical (unpaired) electrons. The Morgan fingerprint density at radius 1 is 1.42 bits per heavy atom. The summed E-state index contributed by atoms with van der Waals surface area (Å²) in [5.41, 5.74) is 7.49. The Bertz CT molecular complexity index is 677. The second-order valence-corrected chi connectivity index (χ2v) is 5.57. The molecular formula is C14H16N4O. The minimum Gasteiger partial charge on any atom is -0.366 e. The molecule has 19 heavy (non-hydrogen) atoms. The largest absolute Gasteiger partial charge is 0.366 e. The summed E-state index contributed by atoms with van der Waals surface area (Å²) in [5, 5.41) is 3.59. The van der Waals surface area contributed by atoms with E-state index in [4.69, 9.17) is 5.73 Å². The fourth-order valence-corrected chi connectivity index (χ4v) is 3.57. The average molecular weight is 256 g/mol. The Kier molecular flexibility index (Phi) is 2.07. The maximum absolute atomic E-state index is 11.5. The lowest BCUT2D eigenvalue weighted by Gasteiger charge is -2.43. The number of carbonyl (C=O) groups excluding carboxylic acids is 1. The molecule has 4 N–H and O–H groups in total. The number of nitrogens with one attached hydrogen (secondary N) is 2. The average Bonchev–Trinajstić information content (AvgIpc) is 2.91. The van der Waals surface area contributed by atoms with E-state index in [0.717, 1.165) is 24.3 Å². The van der Waals surface area contributed by atoms with E-state index in [9.17, 15) is 4.79 Å². The van der Waals surface area contributed by atoms with Crippen LogP contribution in [0.4, 0.5) is 0 Å². The number of carbonyl (C=O) groups is 1. The number of rotatable bonds is 2. The SMILES string of the molecule is NC(=O)c1cccc2[nH]c(C34CCC3CCN4)nc12. The molecule has 2 atom stereocenters. The van der Waals surface area contributed by atoms with E-state index in [0.29, 0.717) is 17.0 Å². The van der Waals surface area contributed by atoms with Gasteiger partial charge in [-0.3, -0.25) is 4.79 Å². The van der Waals surface area contributed by atoms with Crippen molar-refractivity contribution in [1.29, 1.82) is 0 Å². The molecule has 2 aromatic rings. The lowest BCUT2D eigenvalue weighted by atomic mass is 9.67. The lowest BCUT2D eigenvalue weighted by Crippen LogP contribution is -2.49. The molecule has 98 valence electrons. The predicted octanol–water partition coefficient (Wildman–Crippen LogP) is 1.26. The Hall–Kier alpha value is -1.88. The molecule has 4 rings (SSSR count). The zero-order chi connectivity index (χ0) is 13.0. The van der Waals surface area contributed by atoms with Crippen LogP contribution in [0.2, 0.25) is 0 Å². The van der Waals surface area contributed by atoms with Crippen molar-refractivity contribution in [1.82, 2.24) is 15.3 Å². The van der Waals surface area contributed by atoms with Gasteiger partial charge in [0.15, 0.2) is 0 Å². The number of aromatic amines is 1. The van der Waals surface area contributed by atoms with Crippen LogP contribution < -0.4 is 11.1 Å². The normalized spacial score (nSPS) is 29.2. The maximum atomic E-state index is 11.5. The van der Waals surface area contributed by atoms with E-state index in [1.54, 1.807) is 6.07 Å². The van der Waals surface area contributed by atoms with E-state index < -0.39 is 5.91 Å². The third-order valence-corrected chi connectivity index (χ3v) is 4.72. The topological polar surface area (TPSA) is 83.8 Å². The molecule has 1 amide bonds. The monoisotopic (exact) mass is 256 g/mol. The molecule has 0 bridgehead atoms. The minimum absolute atomic E-state index is 0.00787. The van der Waals surface area contributed by atoms with Gasteiger partial charge in [-0.1, -0.05) is 6.07 Å². The standard InChI is InChI=1S/C14H16N4O/c15-12(19)9-2-1-3-10-11(9)18-13(17-10)14-6-4-8(14)5-7-16-14/h1-3,8,16H,4-7H2,(H2,15,19)(H,17,18). The molecule has 1 saturated carbocycles. The first-order chi connectivity index (χ1) is 9.21. The van der Waals surface area contributed by atoms with Crippen LogP contribution in [0.25, 0.3) is 11.0 Å². The minimum atomic E-state index is -0.425. The van der Waals surface area contributed by atoms with Crippen molar-refractivity contribution < 1.29 is 4.79 Å². The van der Waals surface area contributed by atoms with Gasteiger partial charge < -0.3 is 16.0 Å². The van der Waals surface area contributed by atoms with Crippen molar-refractivity contribution in [3.05, 3.63) is 29.6 Å². The third kappa shape index (κ3) is 1.33. The molecule has 1 aliphatic carbocycles. The summed E-state index contributed by atoms with van der Waals surface area (Å²) in [4.78, 5) is 19.5. The van der Waals surface area contributed by atoms with Gasteiger partial charge in [-0.05, 0) is 43.9 Å². The van der Waals surface area contributed by atoms with Crippen molar-refractivity contribution in [2.24, 2.45) is 11.7 Å². The van der Waals surface area contributed by atoms with Gasteiger partial charge in [0.1, 0.15) is 11.3 Å². The highest BCUT2D eigenvalue weighted by Gasteiger charge is 2.52. The number of para-hydroxylation sites is 1. The van der Waals surface area contributed by atoms with Crippen LogP contribution in [-0.2, 0) is 5.54 Å². The van der Waals surface area contributed by atoms with Gasteiger partial charge in [-0.2, -0.15) is 0 Å². The highest BCUT2D eigenvalue weighted by atomic mass is 16.1. The number of primary amides is 1. The summed E-state index contributed by atoms with van der Waals surface area (Å²) in [6, 6.07) is 5.51. The van der Waals surface area contributed by atoms with E-state index in [1.165, 1.54) is 12.8 Å². The zero-order valence-electron chi connectivity index (χ0n) is 10.6. The molecule has 2 fully saturated rings. The van der Waals surface area contributed by atoms with Gasteiger partial charge in [-0.15, -0.1) is 0 Å². The summed E-state index contributed by atoms with van der Waals surface area (Å²) in [5.74, 6) is 1.21. The fraction of sp³-hybridized carbons (Fsp3) is 0.429. The first-order valence-corrected chi connectivity index (χ1v) is 6.75. The summed E-state index contributed by atoms with van der Waals surface area (Å²) in [7, 11) is 0. The fourth-order valence-electron chi connectivity index (χ4n) is 3.57. The number of aromatic nitrogens is 2. The van der Waals surface area contributed by atoms with Gasteiger partial charge in [0, 0.05) is 0 Å². The maximum Gasteiger partial charge on any atom is 0.250 e. The lowest BCUT2D eigenvalue weighted by molar-refractivity contribution is 0.100. The first-order valence-electron chi connectivity index (χ1n) is 6.75. The molecule has 1 saturated heterocycles. The smallest absolute Gasteiger partial charge is 0.250 e. The quantitative estimate of drug-likeness (QED) is 0.756. The number of H-pyrrole nitrogens is 1. The highest BCUT2D eigenvalue weighted by Crippen LogP contribution is 2.50. The number of hydrogen-bond donors (Lipinski definition) is 3. The van der Waals surface area contributed by atoms with Crippen molar-refractivity contribution >= 4 is 16.9 Å². The van der Waals surface area contributed by atoms with Gasteiger partial charge in [0.2, 0.25) is 0 Å². The molecule has 2 aliphatic rings. The second kappa shape index (κ2) is 3.57. The number of fused-ring (bicyclic) bond motifs is 2. The Balaban J connectivity index is 1.89. The molecule has 1 aromatic carbocycles. The molecule has 1 aromatic heterocycles. The van der Waals surface area contributed by atoms with Gasteiger partial charge in [0.05, 0.1) is 16.6 Å². The molecule has 5 nitrogen and oxygen atoms in total. The third-order valence-electron chi connectivity index (χ3n) is 4.72. The van der Waals surface area contributed by atoms with Crippen LogP contribution in [-0.4, -0.2) is 22.4 Å². The van der Waals surface area contributed by atoms with Crippen LogP contribution in [0.5, 0.6) is 0 Å². The number of amides is 1. The molecule has 1 aliphatic heterocycles. The first kappa shape index (κ1) is 11.0. The van der Waals surface area contributed by atoms with Crippen molar-refractivity contribution in [2.45, 2.75) is 24.8 Å². The number of imidazole rings is 1. The molecule has 2 unspecified atom stereocenters. The van der Waals surface area contributed by atoms with E-state index in [2.05, 4.69) is 15.3 Å². The summed E-state index contributed by atoms with van der Waals surface area (Å²) in [6.07, 6.45) is 3.58. The second-order valence-electron chi connectivity index (χ2n) is 5.57. The molecule has 2 heterocycles.